The van der Waals surface area contributed by atoms with Crippen LogP contribution in [0.2, 0.25) is 0 Å². The third kappa shape index (κ3) is 2.62. The van der Waals surface area contributed by atoms with E-state index in [1.165, 1.54) is 0 Å². The van der Waals surface area contributed by atoms with Gasteiger partial charge in [-0.25, -0.2) is 8.42 Å². The minimum atomic E-state index is -3.33. The first kappa shape index (κ1) is 14.0. The van der Waals surface area contributed by atoms with Crippen LogP contribution in [0.1, 0.15) is 25.7 Å². The summed E-state index contributed by atoms with van der Waals surface area (Å²) in [5.74, 6) is 0.463. The van der Waals surface area contributed by atoms with Crippen molar-refractivity contribution in [1.29, 1.82) is 0 Å². The predicted molar refractivity (Wildman–Crippen MR) is 78.9 cm³/mol. The standard InChI is InChI=1S/C15H22N2O2S/c18-20(19,14-7-2-1-3-8-14)17-11-5-9-15(17)13-6-4-10-16-12-13/h1-3,7-8,13,15-16H,4-6,9-12H2. The summed E-state index contributed by atoms with van der Waals surface area (Å²) in [5, 5.41) is 3.40. The van der Waals surface area contributed by atoms with Gasteiger partial charge in [0.1, 0.15) is 0 Å². The van der Waals surface area contributed by atoms with Gasteiger partial charge in [-0.3, -0.25) is 0 Å². The fourth-order valence-corrected chi connectivity index (χ4v) is 5.25. The number of sulfonamides is 1. The molecule has 1 N–H and O–H groups in total. The Bertz CT molecular complexity index is 538. The molecule has 2 heterocycles. The van der Waals surface area contributed by atoms with Crippen LogP contribution in [-0.4, -0.2) is 38.4 Å². The molecule has 5 heteroatoms. The van der Waals surface area contributed by atoms with E-state index in [9.17, 15) is 8.42 Å². The van der Waals surface area contributed by atoms with Crippen LogP contribution in [-0.2, 0) is 10.0 Å². The lowest BCUT2D eigenvalue weighted by molar-refractivity contribution is 0.239. The normalized spacial score (nSPS) is 28.6. The van der Waals surface area contributed by atoms with Crippen molar-refractivity contribution in [2.45, 2.75) is 36.6 Å². The third-order valence-electron chi connectivity index (χ3n) is 4.48. The van der Waals surface area contributed by atoms with Crippen LogP contribution in [0.25, 0.3) is 0 Å². The zero-order chi connectivity index (χ0) is 14.0. The van der Waals surface area contributed by atoms with Gasteiger partial charge in [0.25, 0.3) is 0 Å². The smallest absolute Gasteiger partial charge is 0.243 e. The monoisotopic (exact) mass is 294 g/mol. The average molecular weight is 294 g/mol. The molecule has 2 aliphatic heterocycles. The molecule has 2 saturated heterocycles. The zero-order valence-corrected chi connectivity index (χ0v) is 12.5. The minimum absolute atomic E-state index is 0.174. The first-order chi connectivity index (χ1) is 9.69. The Hall–Kier alpha value is -0.910. The van der Waals surface area contributed by atoms with Crippen molar-refractivity contribution < 1.29 is 8.42 Å². The Morgan fingerprint density at radius 3 is 2.60 bits per heavy atom. The van der Waals surface area contributed by atoms with Crippen LogP contribution < -0.4 is 5.32 Å². The van der Waals surface area contributed by atoms with E-state index >= 15 is 0 Å². The lowest BCUT2D eigenvalue weighted by Gasteiger charge is -2.33. The average Bonchev–Trinajstić information content (AvgIpc) is 2.99. The topological polar surface area (TPSA) is 49.4 Å². The number of rotatable bonds is 3. The molecule has 0 amide bonds. The van der Waals surface area contributed by atoms with Crippen molar-refractivity contribution in [3.63, 3.8) is 0 Å². The summed E-state index contributed by atoms with van der Waals surface area (Å²) in [7, 11) is -3.33. The molecule has 4 nitrogen and oxygen atoms in total. The molecule has 0 aromatic heterocycles. The molecule has 1 aromatic carbocycles. The van der Waals surface area contributed by atoms with Crippen molar-refractivity contribution in [2.24, 2.45) is 5.92 Å². The summed E-state index contributed by atoms with van der Waals surface area (Å²) in [6.07, 6.45) is 4.27. The Kier molecular flexibility index (Phi) is 4.10. The molecule has 1 aromatic rings. The van der Waals surface area contributed by atoms with E-state index in [2.05, 4.69) is 5.32 Å². The van der Waals surface area contributed by atoms with E-state index in [4.69, 9.17) is 0 Å². The summed E-state index contributed by atoms with van der Waals surface area (Å²) in [6, 6.07) is 9.01. The van der Waals surface area contributed by atoms with Crippen LogP contribution in [0, 0.1) is 5.92 Å². The Labute approximate surface area is 121 Å². The molecule has 2 atom stereocenters. The maximum atomic E-state index is 12.8. The Balaban J connectivity index is 1.84. The lowest BCUT2D eigenvalue weighted by Crippen LogP contribution is -2.45. The maximum Gasteiger partial charge on any atom is 0.243 e. The Morgan fingerprint density at radius 2 is 1.90 bits per heavy atom. The molecule has 110 valence electrons. The molecule has 0 spiro atoms. The highest BCUT2D eigenvalue weighted by Gasteiger charge is 2.39. The van der Waals surface area contributed by atoms with E-state index in [0.29, 0.717) is 17.4 Å². The molecule has 20 heavy (non-hydrogen) atoms. The lowest BCUT2D eigenvalue weighted by atomic mass is 9.91. The second kappa shape index (κ2) is 5.84. The van der Waals surface area contributed by atoms with Crippen molar-refractivity contribution in [2.75, 3.05) is 19.6 Å². The van der Waals surface area contributed by atoms with E-state index in [0.717, 1.165) is 38.8 Å². The molecule has 0 radical (unpaired) electrons. The van der Waals surface area contributed by atoms with Gasteiger partial charge in [-0.2, -0.15) is 4.31 Å². The summed E-state index contributed by atoms with van der Waals surface area (Å²) >= 11 is 0. The van der Waals surface area contributed by atoms with Gasteiger partial charge >= 0.3 is 0 Å². The Morgan fingerprint density at radius 1 is 1.10 bits per heavy atom. The molecular weight excluding hydrogens is 272 g/mol. The van der Waals surface area contributed by atoms with Gasteiger partial charge in [0, 0.05) is 12.6 Å². The van der Waals surface area contributed by atoms with Gasteiger partial charge in [-0.15, -0.1) is 0 Å². The minimum Gasteiger partial charge on any atom is -0.316 e. The number of benzene rings is 1. The van der Waals surface area contributed by atoms with Crippen LogP contribution >= 0.6 is 0 Å². The highest BCUT2D eigenvalue weighted by molar-refractivity contribution is 7.89. The predicted octanol–water partition coefficient (Wildman–Crippen LogP) is 1.84. The van der Waals surface area contributed by atoms with Crippen LogP contribution in [0.15, 0.2) is 35.2 Å². The molecule has 3 rings (SSSR count). The van der Waals surface area contributed by atoms with E-state index in [1.54, 1.807) is 28.6 Å². The largest absolute Gasteiger partial charge is 0.316 e. The highest BCUT2D eigenvalue weighted by Crippen LogP contribution is 2.32. The molecule has 2 fully saturated rings. The number of hydrogen-bond donors (Lipinski definition) is 1. The highest BCUT2D eigenvalue weighted by atomic mass is 32.2. The fraction of sp³-hybridized carbons (Fsp3) is 0.600. The summed E-state index contributed by atoms with van der Waals surface area (Å²) in [6.45, 7) is 2.68. The van der Waals surface area contributed by atoms with Gasteiger partial charge in [0.15, 0.2) is 0 Å². The van der Waals surface area contributed by atoms with Gasteiger partial charge in [-0.1, -0.05) is 18.2 Å². The van der Waals surface area contributed by atoms with Crippen LogP contribution in [0.4, 0.5) is 0 Å². The second-order valence-electron chi connectivity index (χ2n) is 5.74. The van der Waals surface area contributed by atoms with Crippen molar-refractivity contribution in [3.8, 4) is 0 Å². The zero-order valence-electron chi connectivity index (χ0n) is 11.7. The van der Waals surface area contributed by atoms with Crippen LogP contribution in [0.3, 0.4) is 0 Å². The number of hydrogen-bond acceptors (Lipinski definition) is 3. The number of nitrogens with zero attached hydrogens (tertiary/aromatic N) is 1. The maximum absolute atomic E-state index is 12.8. The quantitative estimate of drug-likeness (QED) is 0.925. The second-order valence-corrected chi connectivity index (χ2v) is 7.64. The molecule has 0 bridgehead atoms. The van der Waals surface area contributed by atoms with E-state index in [1.807, 2.05) is 6.07 Å². The molecule has 2 aliphatic rings. The molecule has 0 aliphatic carbocycles. The summed E-state index contributed by atoms with van der Waals surface area (Å²) in [5.41, 5.74) is 0. The fourth-order valence-electron chi connectivity index (χ4n) is 3.47. The van der Waals surface area contributed by atoms with Crippen molar-refractivity contribution >= 4 is 10.0 Å². The SMILES string of the molecule is O=S(=O)(c1ccccc1)N1CCCC1C1CCCNC1. The molecule has 0 saturated carbocycles. The third-order valence-corrected chi connectivity index (χ3v) is 6.42. The van der Waals surface area contributed by atoms with Gasteiger partial charge in [-0.05, 0) is 56.8 Å². The van der Waals surface area contributed by atoms with Crippen molar-refractivity contribution in [1.82, 2.24) is 9.62 Å². The van der Waals surface area contributed by atoms with Gasteiger partial charge < -0.3 is 5.32 Å². The number of nitrogens with one attached hydrogen (secondary N) is 1. The van der Waals surface area contributed by atoms with Gasteiger partial charge in [0.05, 0.1) is 4.90 Å². The first-order valence-corrected chi connectivity index (χ1v) is 8.91. The summed E-state index contributed by atoms with van der Waals surface area (Å²) < 4.78 is 27.3. The molecule has 2 unspecified atom stereocenters. The van der Waals surface area contributed by atoms with Crippen LogP contribution in [0.5, 0.6) is 0 Å². The molecular formula is C15H22N2O2S. The van der Waals surface area contributed by atoms with E-state index in [-0.39, 0.29) is 6.04 Å². The van der Waals surface area contributed by atoms with Crippen molar-refractivity contribution in [3.05, 3.63) is 30.3 Å². The van der Waals surface area contributed by atoms with Gasteiger partial charge in [0.2, 0.25) is 10.0 Å². The summed E-state index contributed by atoms with van der Waals surface area (Å²) in [4.78, 5) is 0.427. The number of piperidine rings is 1. The van der Waals surface area contributed by atoms with E-state index < -0.39 is 10.0 Å². The first-order valence-electron chi connectivity index (χ1n) is 7.47.